The summed E-state index contributed by atoms with van der Waals surface area (Å²) >= 11 is 13.5. The van der Waals surface area contributed by atoms with Crippen LogP contribution in [-0.2, 0) is 4.79 Å². The van der Waals surface area contributed by atoms with Gasteiger partial charge in [0.25, 0.3) is 5.91 Å². The molecule has 4 nitrogen and oxygen atoms in total. The summed E-state index contributed by atoms with van der Waals surface area (Å²) < 4.78 is 0. The molecule has 1 aliphatic rings. The zero-order valence-electron chi connectivity index (χ0n) is 14.4. The molecule has 1 heterocycles. The number of hydrogen-bond acceptors (Lipinski definition) is 3. The first-order valence-corrected chi connectivity index (χ1v) is 9.99. The average Bonchev–Trinajstić information content (AvgIpc) is 3.05. The van der Waals surface area contributed by atoms with Crippen molar-refractivity contribution in [2.45, 2.75) is 19.9 Å². The molecule has 0 aliphatic carbocycles. The number of halogens is 2. The summed E-state index contributed by atoms with van der Waals surface area (Å²) in [6.45, 7) is 3.96. The normalized spacial score (nSPS) is 16.6. The highest BCUT2D eigenvalue weighted by Gasteiger charge is 2.35. The van der Waals surface area contributed by atoms with Gasteiger partial charge < -0.3 is 10.2 Å². The molecule has 1 fully saturated rings. The fraction of sp³-hybridized carbons (Fsp3) is 0.263. The quantitative estimate of drug-likeness (QED) is 0.795. The molecule has 0 saturated carbocycles. The van der Waals surface area contributed by atoms with E-state index in [2.05, 4.69) is 5.32 Å². The maximum absolute atomic E-state index is 12.8. The maximum atomic E-state index is 12.8. The van der Waals surface area contributed by atoms with Crippen LogP contribution in [0.4, 0.5) is 5.69 Å². The number of carbonyl (C=O) groups excluding carboxylic acids is 2. The Morgan fingerprint density at radius 3 is 2.42 bits per heavy atom. The van der Waals surface area contributed by atoms with Crippen molar-refractivity contribution in [2.75, 3.05) is 16.9 Å². The Balaban J connectivity index is 1.77. The molecule has 0 radical (unpaired) electrons. The summed E-state index contributed by atoms with van der Waals surface area (Å²) in [5.41, 5.74) is 3.31. The minimum atomic E-state index is -0.525. The van der Waals surface area contributed by atoms with E-state index < -0.39 is 6.04 Å². The molecule has 0 bridgehead atoms. The fourth-order valence-corrected chi connectivity index (χ4v) is 4.38. The number of benzene rings is 2. The SMILES string of the molecule is Cc1cc(C)cc(NC(=O)C2CSCN2C(=O)c2ccc(Cl)c(Cl)c2)c1. The van der Waals surface area contributed by atoms with Gasteiger partial charge >= 0.3 is 0 Å². The lowest BCUT2D eigenvalue weighted by atomic mass is 10.1. The first kappa shape index (κ1) is 19.1. The molecule has 2 aromatic rings. The van der Waals surface area contributed by atoms with Gasteiger partial charge in [0.1, 0.15) is 6.04 Å². The Morgan fingerprint density at radius 2 is 1.77 bits per heavy atom. The van der Waals surface area contributed by atoms with Crippen molar-refractivity contribution in [1.82, 2.24) is 4.90 Å². The van der Waals surface area contributed by atoms with Gasteiger partial charge in [-0.3, -0.25) is 9.59 Å². The van der Waals surface area contributed by atoms with E-state index in [1.807, 2.05) is 32.0 Å². The molecule has 1 aliphatic heterocycles. The number of hydrogen-bond donors (Lipinski definition) is 1. The molecule has 1 atom stereocenters. The smallest absolute Gasteiger partial charge is 0.255 e. The second-order valence-corrected chi connectivity index (χ2v) is 8.10. The van der Waals surface area contributed by atoms with Crippen LogP contribution in [0.5, 0.6) is 0 Å². The minimum Gasteiger partial charge on any atom is -0.324 e. The summed E-state index contributed by atoms with van der Waals surface area (Å²) in [7, 11) is 0. The third-order valence-corrected chi connectivity index (χ3v) is 5.85. The van der Waals surface area contributed by atoms with Gasteiger partial charge in [-0.15, -0.1) is 11.8 Å². The predicted molar refractivity (Wildman–Crippen MR) is 108 cm³/mol. The van der Waals surface area contributed by atoms with Crippen molar-refractivity contribution >= 4 is 52.5 Å². The van der Waals surface area contributed by atoms with Crippen LogP contribution in [0.25, 0.3) is 0 Å². The van der Waals surface area contributed by atoms with Crippen molar-refractivity contribution in [3.63, 3.8) is 0 Å². The van der Waals surface area contributed by atoms with Gasteiger partial charge in [-0.2, -0.15) is 0 Å². The second kappa shape index (κ2) is 7.91. The van der Waals surface area contributed by atoms with E-state index in [1.165, 1.54) is 6.07 Å². The monoisotopic (exact) mass is 408 g/mol. The molecule has 3 rings (SSSR count). The number of aryl methyl sites for hydroxylation is 2. The first-order chi connectivity index (χ1) is 12.3. The van der Waals surface area contributed by atoms with Gasteiger partial charge in [-0.25, -0.2) is 0 Å². The van der Waals surface area contributed by atoms with Crippen LogP contribution in [0.3, 0.4) is 0 Å². The van der Waals surface area contributed by atoms with E-state index in [1.54, 1.807) is 28.8 Å². The highest BCUT2D eigenvalue weighted by molar-refractivity contribution is 7.99. The Bertz CT molecular complexity index is 852. The number of amides is 2. The highest BCUT2D eigenvalue weighted by atomic mass is 35.5. The predicted octanol–water partition coefficient (Wildman–Crippen LogP) is 4.76. The number of thioether (sulfide) groups is 1. The Morgan fingerprint density at radius 1 is 1.08 bits per heavy atom. The van der Waals surface area contributed by atoms with Crippen LogP contribution in [-0.4, -0.2) is 34.4 Å². The van der Waals surface area contributed by atoms with Crippen LogP contribution < -0.4 is 5.32 Å². The molecular weight excluding hydrogens is 391 g/mol. The molecule has 1 unspecified atom stereocenters. The highest BCUT2D eigenvalue weighted by Crippen LogP contribution is 2.27. The number of rotatable bonds is 3. The Kier molecular flexibility index (Phi) is 5.80. The topological polar surface area (TPSA) is 49.4 Å². The molecular formula is C19H18Cl2N2O2S. The van der Waals surface area contributed by atoms with E-state index in [0.717, 1.165) is 16.8 Å². The summed E-state index contributed by atoms with van der Waals surface area (Å²) in [6.07, 6.45) is 0. The molecule has 7 heteroatoms. The van der Waals surface area contributed by atoms with E-state index in [9.17, 15) is 9.59 Å². The number of nitrogens with one attached hydrogen (secondary N) is 1. The van der Waals surface area contributed by atoms with Gasteiger partial charge in [-0.05, 0) is 55.3 Å². The molecule has 2 aromatic carbocycles. The van der Waals surface area contributed by atoms with Crippen molar-refractivity contribution < 1.29 is 9.59 Å². The Hall–Kier alpha value is -1.69. The molecule has 2 amide bonds. The maximum Gasteiger partial charge on any atom is 0.255 e. The van der Waals surface area contributed by atoms with Gasteiger partial charge in [0.2, 0.25) is 5.91 Å². The lowest BCUT2D eigenvalue weighted by Gasteiger charge is -2.23. The van der Waals surface area contributed by atoms with Gasteiger partial charge in [0.05, 0.1) is 15.9 Å². The molecule has 0 spiro atoms. The molecule has 0 aromatic heterocycles. The molecule has 26 heavy (non-hydrogen) atoms. The number of anilines is 1. The van der Waals surface area contributed by atoms with Crippen LogP contribution >= 0.6 is 35.0 Å². The van der Waals surface area contributed by atoms with Crippen molar-refractivity contribution in [3.8, 4) is 0 Å². The standard InChI is InChI=1S/C19H18Cl2N2O2S/c1-11-5-12(2)7-14(6-11)22-18(24)17-9-26-10-23(17)19(25)13-3-4-15(20)16(21)8-13/h3-8,17H,9-10H2,1-2H3,(H,22,24). The molecule has 1 saturated heterocycles. The summed E-state index contributed by atoms with van der Waals surface area (Å²) in [4.78, 5) is 27.1. The van der Waals surface area contributed by atoms with Crippen LogP contribution in [0.15, 0.2) is 36.4 Å². The average molecular weight is 409 g/mol. The molecule has 136 valence electrons. The molecule has 1 N–H and O–H groups in total. The fourth-order valence-electron chi connectivity index (χ4n) is 2.93. The van der Waals surface area contributed by atoms with Crippen LogP contribution in [0.2, 0.25) is 10.0 Å². The Labute approximate surface area is 166 Å². The number of carbonyl (C=O) groups is 2. The third-order valence-electron chi connectivity index (χ3n) is 4.10. The van der Waals surface area contributed by atoms with Gasteiger partial charge in [0.15, 0.2) is 0 Å². The lowest BCUT2D eigenvalue weighted by Crippen LogP contribution is -2.44. The van der Waals surface area contributed by atoms with Crippen LogP contribution in [0, 0.1) is 13.8 Å². The largest absolute Gasteiger partial charge is 0.324 e. The summed E-state index contributed by atoms with van der Waals surface area (Å²) in [5, 5.41) is 3.64. The van der Waals surface area contributed by atoms with Crippen molar-refractivity contribution in [3.05, 3.63) is 63.1 Å². The van der Waals surface area contributed by atoms with E-state index >= 15 is 0 Å². The van der Waals surface area contributed by atoms with E-state index in [-0.39, 0.29) is 11.8 Å². The van der Waals surface area contributed by atoms with E-state index in [0.29, 0.717) is 27.2 Å². The minimum absolute atomic E-state index is 0.187. The summed E-state index contributed by atoms with van der Waals surface area (Å²) in [5.74, 6) is 0.607. The van der Waals surface area contributed by atoms with Crippen LogP contribution in [0.1, 0.15) is 21.5 Å². The van der Waals surface area contributed by atoms with E-state index in [4.69, 9.17) is 23.2 Å². The van der Waals surface area contributed by atoms with Crippen molar-refractivity contribution in [2.24, 2.45) is 0 Å². The third kappa shape index (κ3) is 4.17. The first-order valence-electron chi connectivity index (χ1n) is 8.08. The lowest BCUT2D eigenvalue weighted by molar-refractivity contribution is -0.119. The second-order valence-electron chi connectivity index (χ2n) is 6.29. The van der Waals surface area contributed by atoms with Gasteiger partial charge in [0, 0.05) is 17.0 Å². The summed E-state index contributed by atoms with van der Waals surface area (Å²) in [6, 6.07) is 10.1. The van der Waals surface area contributed by atoms with Crippen molar-refractivity contribution in [1.29, 1.82) is 0 Å². The number of nitrogens with zero attached hydrogens (tertiary/aromatic N) is 1. The zero-order chi connectivity index (χ0) is 18.8. The zero-order valence-corrected chi connectivity index (χ0v) is 16.7. The van der Waals surface area contributed by atoms with Gasteiger partial charge in [-0.1, -0.05) is 29.3 Å².